The number of rotatable bonds is 3. The quantitative estimate of drug-likeness (QED) is 0.569. The number of anilines is 1. The number of nitrogens with zero attached hydrogens (tertiary/aromatic N) is 2. The van der Waals surface area contributed by atoms with E-state index in [1.54, 1.807) is 6.20 Å². The molecule has 2 N–H and O–H groups in total. The van der Waals surface area contributed by atoms with E-state index >= 15 is 0 Å². The molecule has 0 aliphatic heterocycles. The van der Waals surface area contributed by atoms with Crippen LogP contribution in [0.1, 0.15) is 67.9 Å². The molecule has 0 saturated heterocycles. The van der Waals surface area contributed by atoms with E-state index in [1.165, 1.54) is 0 Å². The predicted octanol–water partition coefficient (Wildman–Crippen LogP) is 6.14. The van der Waals surface area contributed by atoms with Gasteiger partial charge in [0, 0.05) is 16.4 Å². The largest absolute Gasteiger partial charge is 0.471 e. The van der Waals surface area contributed by atoms with Crippen molar-refractivity contribution in [3.8, 4) is 23.0 Å². The zero-order valence-corrected chi connectivity index (χ0v) is 20.0. The molecule has 1 heterocycles. The fourth-order valence-electron chi connectivity index (χ4n) is 2.63. The Bertz CT molecular complexity index is 860. The van der Waals surface area contributed by atoms with Gasteiger partial charge in [-0.1, -0.05) is 20.8 Å². The van der Waals surface area contributed by atoms with Crippen molar-refractivity contribution in [1.29, 1.82) is 0 Å². The number of hydrogen-bond donors (Lipinski definition) is 1. The van der Waals surface area contributed by atoms with E-state index in [0.29, 0.717) is 11.9 Å². The molecule has 0 atom stereocenters. The Morgan fingerprint density at radius 2 is 1.46 bits per heavy atom. The summed E-state index contributed by atoms with van der Waals surface area (Å²) in [6, 6.07) is 4.35. The molecule has 2 aromatic rings. The normalized spacial score (nSPS) is 12.8. The van der Waals surface area contributed by atoms with E-state index in [4.69, 9.17) is 15.2 Å². The summed E-state index contributed by atoms with van der Waals surface area (Å²) in [7, 11) is 0. The van der Waals surface area contributed by atoms with Gasteiger partial charge in [-0.2, -0.15) is 4.98 Å². The Balaban J connectivity index is 2.66. The van der Waals surface area contributed by atoms with Crippen LogP contribution < -0.4 is 15.2 Å². The lowest BCUT2D eigenvalue weighted by atomic mass is 9.84. The Morgan fingerprint density at radius 3 is 1.96 bits per heavy atom. The first kappa shape index (κ1) is 22.5. The molecule has 1 aromatic heterocycles. The summed E-state index contributed by atoms with van der Waals surface area (Å²) in [5, 5.41) is 0. The van der Waals surface area contributed by atoms with Crippen molar-refractivity contribution in [1.82, 2.24) is 9.97 Å². The number of nitrogens with two attached hydrogens (primary N) is 1. The van der Waals surface area contributed by atoms with Crippen LogP contribution in [0.2, 0.25) is 0 Å². The number of nitrogen functional groups attached to an aromatic ring is 1. The highest BCUT2D eigenvalue weighted by molar-refractivity contribution is 9.10. The summed E-state index contributed by atoms with van der Waals surface area (Å²) in [6.45, 7) is 18.3. The van der Waals surface area contributed by atoms with Gasteiger partial charge in [-0.15, -0.1) is 0 Å². The molecule has 0 spiro atoms. The molecule has 0 aliphatic carbocycles. The van der Waals surface area contributed by atoms with E-state index < -0.39 is 11.2 Å². The van der Waals surface area contributed by atoms with Crippen LogP contribution in [0.3, 0.4) is 0 Å². The monoisotopic (exact) mass is 449 g/mol. The summed E-state index contributed by atoms with van der Waals surface area (Å²) in [5.74, 6) is 0.485. The molecule has 0 fully saturated rings. The minimum Gasteiger partial charge on any atom is -0.471 e. The van der Waals surface area contributed by atoms with Crippen LogP contribution in [0, 0.1) is 0 Å². The molecule has 0 bridgehead atoms. The van der Waals surface area contributed by atoms with E-state index in [2.05, 4.69) is 52.7 Å². The summed E-state index contributed by atoms with van der Waals surface area (Å²) in [4.78, 5) is 8.98. The van der Waals surface area contributed by atoms with E-state index in [0.717, 1.165) is 26.9 Å². The van der Waals surface area contributed by atoms with Crippen LogP contribution in [-0.2, 0) is 5.41 Å². The van der Waals surface area contributed by atoms with Gasteiger partial charge >= 0.3 is 6.01 Å². The van der Waals surface area contributed by atoms with Gasteiger partial charge in [0.05, 0.1) is 5.56 Å². The standard InChI is InChI=1S/C22H32BrN3O2/c1-20(2,3)15-10-13(11-16(23)17(15)24)14-12-25-19(28-22(7,8)9)26-18(14)27-21(4,5)6/h10-12H,24H2,1-9H3. The first-order valence-electron chi connectivity index (χ1n) is 9.42. The van der Waals surface area contributed by atoms with Gasteiger partial charge in [0.15, 0.2) is 0 Å². The Hall–Kier alpha value is -1.82. The Morgan fingerprint density at radius 1 is 0.893 bits per heavy atom. The molecule has 0 aliphatic rings. The molecular formula is C22H32BrN3O2. The van der Waals surface area contributed by atoms with Crippen LogP contribution >= 0.6 is 15.9 Å². The summed E-state index contributed by atoms with van der Waals surface area (Å²) >= 11 is 3.60. The smallest absolute Gasteiger partial charge is 0.320 e. The third-order valence-corrected chi connectivity index (χ3v) is 4.44. The molecule has 0 saturated carbocycles. The number of halogens is 1. The summed E-state index contributed by atoms with van der Waals surface area (Å²) in [5.41, 5.74) is 8.92. The molecule has 0 radical (unpaired) electrons. The predicted molar refractivity (Wildman–Crippen MR) is 119 cm³/mol. The zero-order valence-electron chi connectivity index (χ0n) is 18.4. The maximum Gasteiger partial charge on any atom is 0.320 e. The minimum absolute atomic E-state index is 0.107. The average Bonchev–Trinajstić information content (AvgIpc) is 2.45. The molecule has 1 aromatic carbocycles. The summed E-state index contributed by atoms with van der Waals surface area (Å²) in [6.07, 6.45) is 1.75. The van der Waals surface area contributed by atoms with Gasteiger partial charge in [-0.25, -0.2) is 4.98 Å². The maximum absolute atomic E-state index is 6.32. The highest BCUT2D eigenvalue weighted by Crippen LogP contribution is 2.40. The van der Waals surface area contributed by atoms with Crippen LogP contribution in [0.15, 0.2) is 22.8 Å². The second-order valence-corrected chi connectivity index (χ2v) is 10.8. The van der Waals surface area contributed by atoms with Crippen molar-refractivity contribution < 1.29 is 9.47 Å². The van der Waals surface area contributed by atoms with Crippen molar-refractivity contribution in [2.24, 2.45) is 0 Å². The first-order valence-corrected chi connectivity index (χ1v) is 10.2. The van der Waals surface area contributed by atoms with Crippen molar-refractivity contribution in [3.05, 3.63) is 28.4 Å². The fourth-order valence-corrected chi connectivity index (χ4v) is 3.09. The first-order chi connectivity index (χ1) is 12.6. The van der Waals surface area contributed by atoms with Gasteiger partial charge in [0.2, 0.25) is 5.88 Å². The number of ether oxygens (including phenoxy) is 2. The van der Waals surface area contributed by atoms with Gasteiger partial charge in [-0.05, 0) is 86.1 Å². The number of aromatic nitrogens is 2. The lowest BCUT2D eigenvalue weighted by Crippen LogP contribution is -2.26. The van der Waals surface area contributed by atoms with Crippen molar-refractivity contribution >= 4 is 21.6 Å². The van der Waals surface area contributed by atoms with Crippen molar-refractivity contribution in [2.45, 2.75) is 78.9 Å². The minimum atomic E-state index is -0.417. The number of benzene rings is 1. The van der Waals surface area contributed by atoms with Gasteiger partial charge in [0.25, 0.3) is 0 Å². The molecule has 5 nitrogen and oxygen atoms in total. The topological polar surface area (TPSA) is 70.3 Å². The molecule has 154 valence electrons. The average molecular weight is 450 g/mol. The second-order valence-electron chi connectivity index (χ2n) is 9.97. The van der Waals surface area contributed by atoms with Crippen LogP contribution in [0.4, 0.5) is 5.69 Å². The SMILES string of the molecule is CC(C)(C)Oc1ncc(-c2cc(Br)c(N)c(C(C)(C)C)c2)c(OC(C)(C)C)n1. The Kier molecular flexibility index (Phi) is 6.05. The molecule has 0 amide bonds. The third-order valence-electron chi connectivity index (χ3n) is 3.78. The van der Waals surface area contributed by atoms with E-state index in [-0.39, 0.29) is 5.41 Å². The molecule has 0 unspecified atom stereocenters. The second kappa shape index (κ2) is 7.54. The van der Waals surface area contributed by atoms with E-state index in [9.17, 15) is 0 Å². The van der Waals surface area contributed by atoms with Gasteiger partial charge in [0.1, 0.15) is 11.2 Å². The fraction of sp³-hybridized carbons (Fsp3) is 0.545. The highest BCUT2D eigenvalue weighted by Gasteiger charge is 2.24. The molecule has 28 heavy (non-hydrogen) atoms. The molecule has 2 rings (SSSR count). The lowest BCUT2D eigenvalue weighted by molar-refractivity contribution is 0.103. The Labute approximate surface area is 177 Å². The van der Waals surface area contributed by atoms with Crippen LogP contribution in [0.25, 0.3) is 11.1 Å². The van der Waals surface area contributed by atoms with Crippen LogP contribution in [-0.4, -0.2) is 21.2 Å². The zero-order chi connectivity index (χ0) is 21.5. The van der Waals surface area contributed by atoms with Crippen molar-refractivity contribution in [3.63, 3.8) is 0 Å². The van der Waals surface area contributed by atoms with Gasteiger partial charge in [-0.3, -0.25) is 0 Å². The molecular weight excluding hydrogens is 418 g/mol. The van der Waals surface area contributed by atoms with Crippen LogP contribution in [0.5, 0.6) is 11.9 Å². The lowest BCUT2D eigenvalue weighted by Gasteiger charge is -2.26. The third kappa shape index (κ3) is 5.84. The van der Waals surface area contributed by atoms with E-state index in [1.807, 2.05) is 47.6 Å². The highest BCUT2D eigenvalue weighted by atomic mass is 79.9. The molecule has 6 heteroatoms. The van der Waals surface area contributed by atoms with Crippen molar-refractivity contribution in [2.75, 3.05) is 5.73 Å². The maximum atomic E-state index is 6.32. The number of hydrogen-bond acceptors (Lipinski definition) is 5. The van der Waals surface area contributed by atoms with Gasteiger partial charge < -0.3 is 15.2 Å². The summed E-state index contributed by atoms with van der Waals surface area (Å²) < 4.78 is 12.8.